The van der Waals surface area contributed by atoms with Crippen LogP contribution in [0.2, 0.25) is 0 Å². The third-order valence-corrected chi connectivity index (χ3v) is 9.91. The van der Waals surface area contributed by atoms with Crippen molar-refractivity contribution in [3.63, 3.8) is 0 Å². The number of rotatable bonds is 14. The van der Waals surface area contributed by atoms with E-state index < -0.39 is 0 Å². The van der Waals surface area contributed by atoms with Crippen molar-refractivity contribution >= 4 is 11.8 Å². The summed E-state index contributed by atoms with van der Waals surface area (Å²) in [5.74, 6) is -1.34. The normalized spacial score (nSPS) is 11.4. The van der Waals surface area contributed by atoms with Crippen molar-refractivity contribution in [1.82, 2.24) is 19.8 Å². The Morgan fingerprint density at radius 3 is 1.18 bits per heavy atom. The summed E-state index contributed by atoms with van der Waals surface area (Å²) in [4.78, 5) is 29.2. The standard InChI is InChI=1S/C47H50F2N4O2/c1-7-27-52-42(30(3)4)40(38(32-15-11-9-12-16-32)44(52)34-19-23-36(48)24-20-34)46(54)50-29-51-47(55)41-39(33-17-13-10-14-18-33)45(35-21-25-37(49)26-22-35)53(28-8-2)43(41)31(5)6/h9-26,30-31H,7-8,27-29H2,1-6H3,(H,50,54)(H,51,55). The summed E-state index contributed by atoms with van der Waals surface area (Å²) in [6, 6.07) is 32.4. The molecule has 2 heterocycles. The van der Waals surface area contributed by atoms with Crippen LogP contribution in [0.5, 0.6) is 0 Å². The van der Waals surface area contributed by atoms with Crippen LogP contribution >= 0.6 is 0 Å². The zero-order chi connectivity index (χ0) is 39.2. The maximum Gasteiger partial charge on any atom is 0.255 e. The highest BCUT2D eigenvalue weighted by Gasteiger charge is 2.32. The summed E-state index contributed by atoms with van der Waals surface area (Å²) >= 11 is 0. The van der Waals surface area contributed by atoms with Gasteiger partial charge in [0.05, 0.1) is 29.2 Å². The van der Waals surface area contributed by atoms with E-state index in [1.165, 1.54) is 24.3 Å². The van der Waals surface area contributed by atoms with Gasteiger partial charge in [0.1, 0.15) is 11.6 Å². The van der Waals surface area contributed by atoms with Crippen molar-refractivity contribution in [1.29, 1.82) is 0 Å². The van der Waals surface area contributed by atoms with Crippen LogP contribution in [-0.4, -0.2) is 27.6 Å². The van der Waals surface area contributed by atoms with Gasteiger partial charge in [0.15, 0.2) is 0 Å². The van der Waals surface area contributed by atoms with Crippen LogP contribution in [0, 0.1) is 11.6 Å². The van der Waals surface area contributed by atoms with Gasteiger partial charge in [-0.25, -0.2) is 8.78 Å². The molecule has 0 radical (unpaired) electrons. The molecule has 284 valence electrons. The first-order valence-electron chi connectivity index (χ1n) is 19.3. The molecule has 6 rings (SSSR count). The molecule has 0 saturated carbocycles. The second-order valence-electron chi connectivity index (χ2n) is 14.5. The average molecular weight is 741 g/mol. The van der Waals surface area contributed by atoms with Crippen molar-refractivity contribution in [3.8, 4) is 44.8 Å². The van der Waals surface area contributed by atoms with Crippen molar-refractivity contribution in [2.75, 3.05) is 6.67 Å². The molecule has 2 amide bonds. The van der Waals surface area contributed by atoms with E-state index in [2.05, 4.69) is 61.3 Å². The van der Waals surface area contributed by atoms with Crippen LogP contribution in [0.15, 0.2) is 109 Å². The lowest BCUT2D eigenvalue weighted by molar-refractivity contribution is 0.0919. The molecule has 4 aromatic carbocycles. The van der Waals surface area contributed by atoms with Crippen LogP contribution in [0.1, 0.15) is 98.3 Å². The Labute approximate surface area is 323 Å². The van der Waals surface area contributed by atoms with Crippen LogP contribution < -0.4 is 10.6 Å². The zero-order valence-corrected chi connectivity index (χ0v) is 32.5. The van der Waals surface area contributed by atoms with Crippen molar-refractivity contribution in [3.05, 3.63) is 143 Å². The molecule has 0 aliphatic carbocycles. The maximum atomic E-state index is 14.6. The van der Waals surface area contributed by atoms with E-state index in [0.717, 1.165) is 69.0 Å². The Bertz CT molecular complexity index is 2090. The number of amides is 2. The molecule has 0 saturated heterocycles. The quantitative estimate of drug-likeness (QED) is 0.109. The van der Waals surface area contributed by atoms with Gasteiger partial charge in [-0.1, -0.05) is 102 Å². The van der Waals surface area contributed by atoms with Gasteiger partial charge < -0.3 is 19.8 Å². The van der Waals surface area contributed by atoms with Crippen LogP contribution in [0.4, 0.5) is 8.78 Å². The SMILES string of the molecule is CCCn1c(-c2ccc(F)cc2)c(-c2ccccc2)c(C(=O)NCNC(=O)c2c(-c3ccccc3)c(-c3ccc(F)cc3)n(CCC)c2C(C)C)c1C(C)C. The Morgan fingerprint density at radius 1 is 0.527 bits per heavy atom. The molecule has 0 bridgehead atoms. The molecule has 6 nitrogen and oxygen atoms in total. The zero-order valence-electron chi connectivity index (χ0n) is 32.5. The molecule has 55 heavy (non-hydrogen) atoms. The fourth-order valence-electron chi connectivity index (χ4n) is 7.81. The third-order valence-electron chi connectivity index (χ3n) is 9.91. The smallest absolute Gasteiger partial charge is 0.255 e. The minimum atomic E-state index is -0.331. The van der Waals surface area contributed by atoms with Crippen molar-refractivity contribution < 1.29 is 18.4 Å². The fourth-order valence-corrected chi connectivity index (χ4v) is 7.81. The van der Waals surface area contributed by atoms with Crippen LogP contribution in [0.3, 0.4) is 0 Å². The number of benzene rings is 4. The highest BCUT2D eigenvalue weighted by molar-refractivity contribution is 6.08. The van der Waals surface area contributed by atoms with E-state index in [1.54, 1.807) is 24.3 Å². The second kappa shape index (κ2) is 17.1. The lowest BCUT2D eigenvalue weighted by Gasteiger charge is -2.17. The number of carbonyl (C=O) groups excluding carboxylic acids is 2. The number of aromatic nitrogens is 2. The summed E-state index contributed by atoms with van der Waals surface area (Å²) in [6.45, 7) is 13.7. The van der Waals surface area contributed by atoms with Crippen LogP contribution in [-0.2, 0) is 13.1 Å². The molecule has 8 heteroatoms. The first kappa shape index (κ1) is 38.9. The van der Waals surface area contributed by atoms with Gasteiger partial charge in [0, 0.05) is 35.6 Å². The first-order valence-corrected chi connectivity index (χ1v) is 19.3. The van der Waals surface area contributed by atoms with E-state index in [0.29, 0.717) is 24.2 Å². The lowest BCUT2D eigenvalue weighted by Crippen LogP contribution is -2.38. The number of nitrogens with one attached hydrogen (secondary N) is 2. The fraction of sp³-hybridized carbons (Fsp3) is 0.277. The van der Waals surface area contributed by atoms with Crippen LogP contribution in [0.25, 0.3) is 44.8 Å². The first-order chi connectivity index (χ1) is 26.6. The highest BCUT2D eigenvalue weighted by Crippen LogP contribution is 2.44. The van der Waals surface area contributed by atoms with E-state index in [4.69, 9.17) is 0 Å². The molecule has 2 N–H and O–H groups in total. The van der Waals surface area contributed by atoms with E-state index in [9.17, 15) is 18.4 Å². The van der Waals surface area contributed by atoms with Gasteiger partial charge in [-0.05, 0) is 95.5 Å². The Morgan fingerprint density at radius 2 is 0.873 bits per heavy atom. The number of nitrogens with zero attached hydrogens (tertiary/aromatic N) is 2. The molecule has 0 fully saturated rings. The van der Waals surface area contributed by atoms with Gasteiger partial charge in [-0.3, -0.25) is 9.59 Å². The molecule has 2 aromatic heterocycles. The molecular formula is C47H50F2N4O2. The number of carbonyl (C=O) groups is 2. The van der Waals surface area contributed by atoms with Crippen molar-refractivity contribution in [2.45, 2.75) is 79.3 Å². The summed E-state index contributed by atoms with van der Waals surface area (Å²) < 4.78 is 32.7. The summed E-state index contributed by atoms with van der Waals surface area (Å²) in [5.41, 5.74) is 9.40. The minimum Gasteiger partial charge on any atom is -0.343 e. The lowest BCUT2D eigenvalue weighted by atomic mass is 9.94. The average Bonchev–Trinajstić information content (AvgIpc) is 3.70. The number of hydrogen-bond donors (Lipinski definition) is 2. The topological polar surface area (TPSA) is 68.1 Å². The van der Waals surface area contributed by atoms with Crippen molar-refractivity contribution in [2.24, 2.45) is 0 Å². The van der Waals surface area contributed by atoms with E-state index in [1.807, 2.05) is 60.7 Å². The largest absolute Gasteiger partial charge is 0.343 e. The molecule has 6 aromatic rings. The highest BCUT2D eigenvalue weighted by atomic mass is 19.1. The molecule has 0 unspecified atom stereocenters. The molecule has 0 aliphatic heterocycles. The Hall–Kier alpha value is -5.76. The van der Waals surface area contributed by atoms with Gasteiger partial charge in [-0.15, -0.1) is 0 Å². The van der Waals surface area contributed by atoms with Gasteiger partial charge in [0.25, 0.3) is 11.8 Å². The number of hydrogen-bond acceptors (Lipinski definition) is 2. The van der Waals surface area contributed by atoms with E-state index in [-0.39, 0.29) is 42.0 Å². The molecule has 0 spiro atoms. The summed E-state index contributed by atoms with van der Waals surface area (Å²) in [5, 5.41) is 6.10. The minimum absolute atomic E-state index is 0.0243. The second-order valence-corrected chi connectivity index (χ2v) is 14.5. The Balaban J connectivity index is 1.44. The molecule has 0 aliphatic rings. The van der Waals surface area contributed by atoms with Gasteiger partial charge >= 0.3 is 0 Å². The molecular weight excluding hydrogens is 691 g/mol. The Kier molecular flexibility index (Phi) is 12.1. The summed E-state index contributed by atoms with van der Waals surface area (Å²) in [6.07, 6.45) is 1.65. The monoisotopic (exact) mass is 740 g/mol. The van der Waals surface area contributed by atoms with E-state index >= 15 is 0 Å². The predicted molar refractivity (Wildman–Crippen MR) is 219 cm³/mol. The van der Waals surface area contributed by atoms with Gasteiger partial charge in [0.2, 0.25) is 0 Å². The summed E-state index contributed by atoms with van der Waals surface area (Å²) in [7, 11) is 0. The predicted octanol–water partition coefficient (Wildman–Crippen LogP) is 11.4. The number of halogens is 2. The maximum absolute atomic E-state index is 14.6. The third kappa shape index (κ3) is 7.90. The molecule has 0 atom stereocenters. The van der Waals surface area contributed by atoms with Gasteiger partial charge in [-0.2, -0.15) is 0 Å².